The van der Waals surface area contributed by atoms with Crippen molar-refractivity contribution in [3.8, 4) is 0 Å². The maximum atomic E-state index is 4.97. The molecule has 0 saturated heterocycles. The fourth-order valence-electron chi connectivity index (χ4n) is 0.771. The van der Waals surface area contributed by atoms with Crippen LogP contribution in [0.25, 0.3) is 0 Å². The highest BCUT2D eigenvalue weighted by Crippen LogP contribution is 2.30. The van der Waals surface area contributed by atoms with E-state index >= 15 is 0 Å². The second kappa shape index (κ2) is 2.16. The minimum Gasteiger partial charge on any atom is -0.484 e. The van der Waals surface area contributed by atoms with Gasteiger partial charge in [-0.15, -0.1) is 0 Å². The molecule has 0 aromatic rings. The van der Waals surface area contributed by atoms with Gasteiger partial charge in [0, 0.05) is 13.0 Å². The summed E-state index contributed by atoms with van der Waals surface area (Å²) in [4.78, 5) is 3.96. The molecule has 0 N–H and O–H groups in total. The van der Waals surface area contributed by atoms with Crippen molar-refractivity contribution in [1.82, 2.24) is 0 Å². The quantitative estimate of drug-likeness (QED) is 0.368. The smallest absolute Gasteiger partial charge is 0.185 e. The van der Waals surface area contributed by atoms with Gasteiger partial charge in [-0.1, -0.05) is 0 Å². The van der Waals surface area contributed by atoms with Gasteiger partial charge in [-0.05, 0) is 12.8 Å². The number of ether oxygens (including phenoxy) is 1. The molecule has 1 aliphatic carbocycles. The lowest BCUT2D eigenvalue weighted by molar-refractivity contribution is 0.385. The molecule has 2 nitrogen and oxygen atoms in total. The Labute approximate surface area is 49.6 Å². The first-order valence-corrected chi connectivity index (χ1v) is 2.89. The Morgan fingerprint density at radius 2 is 2.25 bits per heavy atom. The standard InChI is InChI=1S/C6H11NO/c1-7-6(8-2)5-3-4-5/h5H,3-4H2,1-2H3/b7-6-. The predicted octanol–water partition coefficient (Wildman–Crippen LogP) is 1.07. The van der Waals surface area contributed by atoms with Gasteiger partial charge < -0.3 is 4.74 Å². The second-order valence-electron chi connectivity index (χ2n) is 2.04. The average molecular weight is 113 g/mol. The molecular formula is C6H11NO. The summed E-state index contributed by atoms with van der Waals surface area (Å²) in [7, 11) is 3.46. The Morgan fingerprint density at radius 1 is 1.62 bits per heavy atom. The van der Waals surface area contributed by atoms with Crippen molar-refractivity contribution < 1.29 is 4.74 Å². The SMILES string of the molecule is C/N=C(\OC)C1CC1. The average Bonchev–Trinajstić information content (AvgIpc) is 2.53. The van der Waals surface area contributed by atoms with Crippen LogP contribution in [0.15, 0.2) is 4.99 Å². The van der Waals surface area contributed by atoms with E-state index in [2.05, 4.69) is 4.99 Å². The lowest BCUT2D eigenvalue weighted by Gasteiger charge is -1.97. The molecule has 1 saturated carbocycles. The first kappa shape index (κ1) is 5.60. The van der Waals surface area contributed by atoms with E-state index in [9.17, 15) is 0 Å². The van der Waals surface area contributed by atoms with Crippen LogP contribution in [0.4, 0.5) is 0 Å². The third kappa shape index (κ3) is 0.997. The van der Waals surface area contributed by atoms with Gasteiger partial charge in [0.05, 0.1) is 7.11 Å². The van der Waals surface area contributed by atoms with Crippen LogP contribution in [0.3, 0.4) is 0 Å². The fraction of sp³-hybridized carbons (Fsp3) is 0.833. The molecule has 8 heavy (non-hydrogen) atoms. The molecule has 0 heterocycles. The first-order chi connectivity index (χ1) is 3.88. The van der Waals surface area contributed by atoms with E-state index in [0.717, 1.165) is 5.90 Å². The lowest BCUT2D eigenvalue weighted by atomic mass is 10.4. The van der Waals surface area contributed by atoms with Crippen LogP contribution < -0.4 is 0 Å². The zero-order chi connectivity index (χ0) is 5.98. The van der Waals surface area contributed by atoms with E-state index in [0.29, 0.717) is 5.92 Å². The number of aliphatic imine (C=N–C) groups is 1. The van der Waals surface area contributed by atoms with Crippen molar-refractivity contribution in [2.75, 3.05) is 14.2 Å². The van der Waals surface area contributed by atoms with Crippen LogP contribution in [0.1, 0.15) is 12.8 Å². The van der Waals surface area contributed by atoms with Crippen molar-refractivity contribution >= 4 is 5.90 Å². The summed E-state index contributed by atoms with van der Waals surface area (Å²) in [6.07, 6.45) is 2.53. The molecule has 1 rings (SSSR count). The first-order valence-electron chi connectivity index (χ1n) is 2.89. The van der Waals surface area contributed by atoms with Crippen LogP contribution in [-0.4, -0.2) is 20.1 Å². The van der Waals surface area contributed by atoms with Crippen molar-refractivity contribution in [1.29, 1.82) is 0 Å². The molecule has 46 valence electrons. The third-order valence-electron chi connectivity index (χ3n) is 1.36. The van der Waals surface area contributed by atoms with E-state index in [1.54, 1.807) is 14.2 Å². The molecule has 1 fully saturated rings. The largest absolute Gasteiger partial charge is 0.484 e. The van der Waals surface area contributed by atoms with Gasteiger partial charge in [0.1, 0.15) is 0 Å². The number of hydrogen-bond donors (Lipinski definition) is 0. The molecule has 0 aromatic carbocycles. The summed E-state index contributed by atoms with van der Waals surface area (Å²) in [5.41, 5.74) is 0. The molecule has 0 radical (unpaired) electrons. The fourth-order valence-corrected chi connectivity index (χ4v) is 0.771. The van der Waals surface area contributed by atoms with E-state index in [1.165, 1.54) is 12.8 Å². The van der Waals surface area contributed by atoms with Crippen LogP contribution in [-0.2, 0) is 4.74 Å². The molecule has 0 aliphatic heterocycles. The molecule has 0 unspecified atom stereocenters. The van der Waals surface area contributed by atoms with Crippen molar-refractivity contribution in [2.24, 2.45) is 10.9 Å². The molecule has 0 atom stereocenters. The summed E-state index contributed by atoms with van der Waals surface area (Å²) in [5.74, 6) is 1.58. The molecule has 0 bridgehead atoms. The van der Waals surface area contributed by atoms with Crippen molar-refractivity contribution in [3.63, 3.8) is 0 Å². The van der Waals surface area contributed by atoms with Gasteiger partial charge in [0.15, 0.2) is 5.90 Å². The van der Waals surface area contributed by atoms with Crippen LogP contribution in [0.2, 0.25) is 0 Å². The predicted molar refractivity (Wildman–Crippen MR) is 33.1 cm³/mol. The highest BCUT2D eigenvalue weighted by molar-refractivity contribution is 5.80. The molecule has 0 amide bonds. The molecular weight excluding hydrogens is 102 g/mol. The van der Waals surface area contributed by atoms with Gasteiger partial charge in [0.25, 0.3) is 0 Å². The van der Waals surface area contributed by atoms with Crippen LogP contribution in [0, 0.1) is 5.92 Å². The molecule has 0 aromatic heterocycles. The molecule has 2 heteroatoms. The van der Waals surface area contributed by atoms with Gasteiger partial charge >= 0.3 is 0 Å². The van der Waals surface area contributed by atoms with Crippen LogP contribution in [0.5, 0.6) is 0 Å². The Kier molecular flexibility index (Phi) is 1.51. The number of methoxy groups -OCH3 is 1. The van der Waals surface area contributed by atoms with Crippen molar-refractivity contribution in [3.05, 3.63) is 0 Å². The Balaban J connectivity index is 2.37. The van der Waals surface area contributed by atoms with Gasteiger partial charge in [-0.25, -0.2) is 0 Å². The summed E-state index contributed by atoms with van der Waals surface area (Å²) in [5, 5.41) is 0. The molecule has 0 spiro atoms. The summed E-state index contributed by atoms with van der Waals surface area (Å²) in [6.45, 7) is 0. The van der Waals surface area contributed by atoms with Crippen LogP contribution >= 0.6 is 0 Å². The highest BCUT2D eigenvalue weighted by atomic mass is 16.5. The van der Waals surface area contributed by atoms with E-state index in [4.69, 9.17) is 4.74 Å². The minimum atomic E-state index is 0.657. The third-order valence-corrected chi connectivity index (χ3v) is 1.36. The van der Waals surface area contributed by atoms with E-state index in [-0.39, 0.29) is 0 Å². The van der Waals surface area contributed by atoms with E-state index < -0.39 is 0 Å². The lowest BCUT2D eigenvalue weighted by Crippen LogP contribution is -2.02. The highest BCUT2D eigenvalue weighted by Gasteiger charge is 2.27. The second-order valence-corrected chi connectivity index (χ2v) is 2.04. The number of hydrogen-bond acceptors (Lipinski definition) is 2. The zero-order valence-electron chi connectivity index (χ0n) is 5.35. The summed E-state index contributed by atoms with van der Waals surface area (Å²) < 4.78 is 4.97. The Hall–Kier alpha value is -0.530. The maximum Gasteiger partial charge on any atom is 0.185 e. The Bertz CT molecular complexity index is 105. The summed E-state index contributed by atoms with van der Waals surface area (Å²) >= 11 is 0. The number of nitrogens with zero attached hydrogens (tertiary/aromatic N) is 1. The van der Waals surface area contributed by atoms with Gasteiger partial charge in [0.2, 0.25) is 0 Å². The minimum absolute atomic E-state index is 0.657. The maximum absolute atomic E-state index is 4.97. The topological polar surface area (TPSA) is 21.6 Å². The zero-order valence-corrected chi connectivity index (χ0v) is 5.35. The Morgan fingerprint density at radius 3 is 2.38 bits per heavy atom. The van der Waals surface area contributed by atoms with E-state index in [1.807, 2.05) is 0 Å². The normalized spacial score (nSPS) is 21.0. The summed E-state index contributed by atoms with van der Waals surface area (Å²) in [6, 6.07) is 0. The van der Waals surface area contributed by atoms with Gasteiger partial charge in [-0.2, -0.15) is 0 Å². The molecule has 1 aliphatic rings. The number of rotatable bonds is 1. The van der Waals surface area contributed by atoms with Crippen molar-refractivity contribution in [2.45, 2.75) is 12.8 Å². The monoisotopic (exact) mass is 113 g/mol. The van der Waals surface area contributed by atoms with Gasteiger partial charge in [-0.3, -0.25) is 4.99 Å².